The second-order valence-electron chi connectivity index (χ2n) is 6.82. The van der Waals surface area contributed by atoms with E-state index in [0.717, 1.165) is 6.07 Å². The van der Waals surface area contributed by atoms with Crippen molar-refractivity contribution in [1.29, 1.82) is 0 Å². The van der Waals surface area contributed by atoms with E-state index < -0.39 is 42.0 Å². The number of nitrogens with one attached hydrogen (secondary N) is 2. The molecule has 182 valence electrons. The van der Waals surface area contributed by atoms with Crippen LogP contribution in [0.5, 0.6) is 0 Å². The fourth-order valence-electron chi connectivity index (χ4n) is 2.87. The fourth-order valence-corrected chi connectivity index (χ4v) is 2.87. The van der Waals surface area contributed by atoms with Gasteiger partial charge in [0, 0.05) is 26.1 Å². The summed E-state index contributed by atoms with van der Waals surface area (Å²) in [5.74, 6) is -4.51. The van der Waals surface area contributed by atoms with Crippen LogP contribution in [0.3, 0.4) is 0 Å². The van der Waals surface area contributed by atoms with E-state index in [2.05, 4.69) is 10.6 Å². The van der Waals surface area contributed by atoms with E-state index in [1.165, 1.54) is 19.1 Å². The summed E-state index contributed by atoms with van der Waals surface area (Å²) in [5, 5.41) is 23.5. The van der Waals surface area contributed by atoms with Gasteiger partial charge in [0.2, 0.25) is 5.91 Å². The Morgan fingerprint density at radius 3 is 2.25 bits per heavy atom. The Morgan fingerprint density at radius 1 is 1.28 bits per heavy atom. The maximum atomic E-state index is 13.4. The Labute approximate surface area is 180 Å². The van der Waals surface area contributed by atoms with Crippen LogP contribution in [0.25, 0.3) is 0 Å². The zero-order valence-electron chi connectivity index (χ0n) is 17.3. The van der Waals surface area contributed by atoms with E-state index in [1.54, 1.807) is 0 Å². The molecule has 0 spiro atoms. The van der Waals surface area contributed by atoms with E-state index in [0.29, 0.717) is 18.7 Å². The number of alkyl halides is 3. The van der Waals surface area contributed by atoms with Gasteiger partial charge in [-0.15, -0.1) is 0 Å². The summed E-state index contributed by atoms with van der Waals surface area (Å²) in [4.78, 5) is 20.4. The maximum Gasteiger partial charge on any atom is 0.490 e. The number of halogens is 5. The largest absolute Gasteiger partial charge is 0.490 e. The lowest BCUT2D eigenvalue weighted by Gasteiger charge is -2.36. The number of carboxylic acid groups (broad SMARTS) is 1. The lowest BCUT2D eigenvalue weighted by molar-refractivity contribution is -0.192. The third-order valence-electron chi connectivity index (χ3n) is 4.19. The quantitative estimate of drug-likeness (QED) is 0.443. The number of amides is 1. The van der Waals surface area contributed by atoms with Crippen molar-refractivity contribution in [3.8, 4) is 0 Å². The molecule has 1 saturated heterocycles. The molecule has 1 heterocycles. The molecular formula is C19H25F5N2O6. The molecule has 2 rings (SSSR count). The molecule has 0 saturated carbocycles. The van der Waals surface area contributed by atoms with Gasteiger partial charge in [0.1, 0.15) is 11.6 Å². The molecule has 1 aliphatic rings. The van der Waals surface area contributed by atoms with Crippen molar-refractivity contribution >= 4 is 11.9 Å². The van der Waals surface area contributed by atoms with Gasteiger partial charge in [-0.05, 0) is 31.0 Å². The molecule has 1 amide bonds. The van der Waals surface area contributed by atoms with Crippen LogP contribution in [0, 0.1) is 11.6 Å². The first-order chi connectivity index (χ1) is 14.8. The first-order valence-corrected chi connectivity index (χ1v) is 9.50. The number of hydrogen-bond acceptors (Lipinski definition) is 6. The van der Waals surface area contributed by atoms with Crippen LogP contribution < -0.4 is 10.6 Å². The summed E-state index contributed by atoms with van der Waals surface area (Å²) in [6.07, 6.45) is -6.38. The minimum absolute atomic E-state index is 0.0858. The van der Waals surface area contributed by atoms with Crippen LogP contribution in [-0.4, -0.2) is 72.5 Å². The van der Waals surface area contributed by atoms with Crippen LogP contribution >= 0.6 is 0 Å². The number of aliphatic hydroxyl groups excluding tert-OH is 1. The highest BCUT2D eigenvalue weighted by Crippen LogP contribution is 2.15. The minimum atomic E-state index is -5.08. The van der Waals surface area contributed by atoms with Gasteiger partial charge in [-0.25, -0.2) is 13.6 Å². The molecule has 0 radical (unpaired) electrons. The molecule has 0 unspecified atom stereocenters. The Balaban J connectivity index is 0.000000633. The molecule has 0 aromatic heterocycles. The topological polar surface area (TPSA) is 117 Å². The third-order valence-corrected chi connectivity index (χ3v) is 4.19. The molecular weight excluding hydrogens is 447 g/mol. The number of rotatable bonds is 7. The van der Waals surface area contributed by atoms with Gasteiger partial charge in [0.05, 0.1) is 24.8 Å². The van der Waals surface area contributed by atoms with E-state index in [9.17, 15) is 31.9 Å². The highest BCUT2D eigenvalue weighted by molar-refractivity contribution is 5.73. The summed E-state index contributed by atoms with van der Waals surface area (Å²) in [6.45, 7) is 4.28. The van der Waals surface area contributed by atoms with Crippen LogP contribution in [0.4, 0.5) is 22.0 Å². The van der Waals surface area contributed by atoms with Gasteiger partial charge in [0.15, 0.2) is 6.29 Å². The Bertz CT molecular complexity index is 736. The van der Waals surface area contributed by atoms with Crippen LogP contribution in [0.1, 0.15) is 19.4 Å². The molecule has 0 bridgehead atoms. The molecule has 13 heteroatoms. The number of carbonyl (C=O) groups excluding carboxylic acids is 1. The van der Waals surface area contributed by atoms with E-state index in [1.807, 2.05) is 6.92 Å². The predicted molar refractivity (Wildman–Crippen MR) is 101 cm³/mol. The summed E-state index contributed by atoms with van der Waals surface area (Å²) in [6, 6.07) is 1.98. The van der Waals surface area contributed by atoms with Crippen LogP contribution in [-0.2, 0) is 25.5 Å². The number of aliphatic hydroxyl groups is 1. The van der Waals surface area contributed by atoms with E-state index in [-0.39, 0.29) is 25.2 Å². The normalized spacial score (nSPS) is 20.5. The number of hydrogen-bond donors (Lipinski definition) is 4. The fraction of sp³-hybridized carbons (Fsp3) is 0.579. The van der Waals surface area contributed by atoms with Gasteiger partial charge in [-0.1, -0.05) is 0 Å². The van der Waals surface area contributed by atoms with Crippen LogP contribution in [0.2, 0.25) is 0 Å². The molecule has 0 aliphatic carbocycles. The summed E-state index contributed by atoms with van der Waals surface area (Å²) >= 11 is 0. The summed E-state index contributed by atoms with van der Waals surface area (Å²) in [5.41, 5.74) is 0.347. The lowest BCUT2D eigenvalue weighted by Crippen LogP contribution is -2.59. The average Bonchev–Trinajstić information content (AvgIpc) is 2.66. The maximum absolute atomic E-state index is 13.4. The Kier molecular flexibility index (Phi) is 10.9. The van der Waals surface area contributed by atoms with Crippen molar-refractivity contribution in [2.24, 2.45) is 0 Å². The van der Waals surface area contributed by atoms with E-state index in [4.69, 9.17) is 19.4 Å². The van der Waals surface area contributed by atoms with Gasteiger partial charge in [-0.2, -0.15) is 13.2 Å². The summed E-state index contributed by atoms with van der Waals surface area (Å²) < 4.78 is 69.3. The first kappa shape index (κ1) is 27.7. The molecule has 4 atom stereocenters. The second-order valence-corrected chi connectivity index (χ2v) is 6.82. The number of carboxylic acids is 1. The lowest BCUT2D eigenvalue weighted by atomic mass is 9.95. The molecule has 1 aromatic carbocycles. The van der Waals surface area contributed by atoms with Crippen molar-refractivity contribution in [3.05, 3.63) is 35.4 Å². The molecule has 8 nitrogen and oxygen atoms in total. The molecule has 1 fully saturated rings. The standard InChI is InChI=1S/C17H24F2N2O4.C2HF3O2/c1-3-24-16-8-20-15(9-25-16)17(23)14(21-10(2)22)6-11-4-12(18)7-13(19)5-11;3-2(4,5)1(6)7/h4-5,7,14-17,20,23H,3,6,8-9H2,1-2H3,(H,21,22);(H,6,7)/t14-,15+,16-,17-;/m0./s1. The van der Waals surface area contributed by atoms with Gasteiger partial charge < -0.3 is 30.3 Å². The van der Waals surface area contributed by atoms with E-state index >= 15 is 0 Å². The number of benzene rings is 1. The number of aliphatic carboxylic acids is 1. The second kappa shape index (κ2) is 12.6. The average molecular weight is 472 g/mol. The predicted octanol–water partition coefficient (Wildman–Crippen LogP) is 1.36. The van der Waals surface area contributed by atoms with Gasteiger partial charge >= 0.3 is 12.1 Å². The zero-order chi connectivity index (χ0) is 24.5. The third kappa shape index (κ3) is 9.85. The smallest absolute Gasteiger partial charge is 0.475 e. The minimum Gasteiger partial charge on any atom is -0.475 e. The van der Waals surface area contributed by atoms with Crippen molar-refractivity contribution in [2.45, 2.75) is 50.9 Å². The number of ether oxygens (including phenoxy) is 2. The SMILES string of the molecule is CCO[C@@H]1CN[C@@H]([C@@H](O)[C@H](Cc2cc(F)cc(F)c2)NC(C)=O)CO1.O=C(O)C(F)(F)F. The Morgan fingerprint density at radius 2 is 1.84 bits per heavy atom. The van der Waals surface area contributed by atoms with Gasteiger partial charge in [-0.3, -0.25) is 4.79 Å². The number of carbonyl (C=O) groups is 2. The Hall–Kier alpha value is -2.35. The highest BCUT2D eigenvalue weighted by atomic mass is 19.4. The van der Waals surface area contributed by atoms with Crippen molar-refractivity contribution in [1.82, 2.24) is 10.6 Å². The highest BCUT2D eigenvalue weighted by Gasteiger charge is 2.38. The molecule has 1 aromatic rings. The molecule has 32 heavy (non-hydrogen) atoms. The van der Waals surface area contributed by atoms with Crippen molar-refractivity contribution in [2.75, 3.05) is 19.8 Å². The monoisotopic (exact) mass is 472 g/mol. The van der Waals surface area contributed by atoms with Crippen LogP contribution in [0.15, 0.2) is 18.2 Å². The molecule has 1 aliphatic heterocycles. The summed E-state index contributed by atoms with van der Waals surface area (Å²) in [7, 11) is 0. The molecule has 4 N–H and O–H groups in total. The van der Waals surface area contributed by atoms with Crippen molar-refractivity contribution in [3.63, 3.8) is 0 Å². The first-order valence-electron chi connectivity index (χ1n) is 9.50. The van der Waals surface area contributed by atoms with Gasteiger partial charge in [0.25, 0.3) is 0 Å². The van der Waals surface area contributed by atoms with Crippen molar-refractivity contribution < 1.29 is 51.2 Å². The zero-order valence-corrected chi connectivity index (χ0v) is 17.3. The number of morpholine rings is 1.